The molecule has 2 rings (SSSR count). The second kappa shape index (κ2) is 5.35. The van der Waals surface area contributed by atoms with Crippen LogP contribution >= 0.6 is 11.8 Å². The molecule has 0 aliphatic heterocycles. The summed E-state index contributed by atoms with van der Waals surface area (Å²) in [5.74, 6) is 1.20. The standard InChI is InChI=1S/C13H16N2O2S/c1-4-8-5-12(18-3)9(6-11(8)16-2)10-7-15-17-13(10)14/h5-7H,4,14H2,1-3H3. The monoisotopic (exact) mass is 264 g/mol. The van der Waals surface area contributed by atoms with Crippen LogP contribution in [0.15, 0.2) is 27.7 Å². The number of nitrogens with two attached hydrogens (primary N) is 1. The van der Waals surface area contributed by atoms with E-state index in [-0.39, 0.29) is 0 Å². The highest BCUT2D eigenvalue weighted by molar-refractivity contribution is 7.98. The van der Waals surface area contributed by atoms with Gasteiger partial charge in [-0.15, -0.1) is 11.8 Å². The fraction of sp³-hybridized carbons (Fsp3) is 0.308. The van der Waals surface area contributed by atoms with E-state index in [1.54, 1.807) is 25.1 Å². The van der Waals surface area contributed by atoms with E-state index < -0.39 is 0 Å². The van der Waals surface area contributed by atoms with Crippen LogP contribution in [0.4, 0.5) is 5.88 Å². The zero-order valence-corrected chi connectivity index (χ0v) is 11.5. The van der Waals surface area contributed by atoms with Crippen molar-refractivity contribution >= 4 is 17.6 Å². The van der Waals surface area contributed by atoms with Crippen molar-refractivity contribution in [1.82, 2.24) is 5.16 Å². The van der Waals surface area contributed by atoms with E-state index in [1.807, 2.05) is 12.3 Å². The molecule has 1 aromatic heterocycles. The Morgan fingerprint density at radius 2 is 2.17 bits per heavy atom. The highest BCUT2D eigenvalue weighted by atomic mass is 32.2. The first-order chi connectivity index (χ1) is 8.71. The van der Waals surface area contributed by atoms with E-state index in [0.29, 0.717) is 5.88 Å². The summed E-state index contributed by atoms with van der Waals surface area (Å²) in [5.41, 5.74) is 8.76. The molecule has 0 saturated carbocycles. The third-order valence-corrected chi connectivity index (χ3v) is 3.65. The number of benzene rings is 1. The van der Waals surface area contributed by atoms with Gasteiger partial charge in [0.1, 0.15) is 5.75 Å². The molecule has 2 N–H and O–H groups in total. The Hall–Kier alpha value is -1.62. The van der Waals surface area contributed by atoms with E-state index in [9.17, 15) is 0 Å². The van der Waals surface area contributed by atoms with Crippen LogP contribution in [0.3, 0.4) is 0 Å². The predicted octanol–water partition coefficient (Wildman–Crippen LogP) is 3.22. The Kier molecular flexibility index (Phi) is 3.81. The molecule has 0 spiro atoms. The summed E-state index contributed by atoms with van der Waals surface area (Å²) in [7, 11) is 1.67. The maximum absolute atomic E-state index is 5.78. The number of aryl methyl sites for hydroxylation is 1. The zero-order valence-electron chi connectivity index (χ0n) is 10.7. The van der Waals surface area contributed by atoms with Crippen LogP contribution in [0.2, 0.25) is 0 Å². The summed E-state index contributed by atoms with van der Waals surface area (Å²) < 4.78 is 10.3. The van der Waals surface area contributed by atoms with Crippen molar-refractivity contribution < 1.29 is 9.26 Å². The average molecular weight is 264 g/mol. The molecule has 0 saturated heterocycles. The van der Waals surface area contributed by atoms with Gasteiger partial charge in [0.25, 0.3) is 0 Å². The lowest BCUT2D eigenvalue weighted by Crippen LogP contribution is -1.94. The van der Waals surface area contributed by atoms with Crippen molar-refractivity contribution in [1.29, 1.82) is 0 Å². The fourth-order valence-electron chi connectivity index (χ4n) is 1.90. The van der Waals surface area contributed by atoms with Gasteiger partial charge >= 0.3 is 0 Å². The first kappa shape index (κ1) is 12.8. The topological polar surface area (TPSA) is 61.3 Å². The van der Waals surface area contributed by atoms with E-state index in [0.717, 1.165) is 28.2 Å². The number of aromatic nitrogens is 1. The third-order valence-electron chi connectivity index (χ3n) is 2.87. The summed E-state index contributed by atoms with van der Waals surface area (Å²) in [5, 5.41) is 3.72. The Balaban J connectivity index is 2.62. The summed E-state index contributed by atoms with van der Waals surface area (Å²) in [6, 6.07) is 4.12. The number of ether oxygens (including phenoxy) is 1. The second-order valence-corrected chi connectivity index (χ2v) is 4.67. The normalized spacial score (nSPS) is 10.6. The van der Waals surface area contributed by atoms with Crippen LogP contribution in [0, 0.1) is 0 Å². The molecule has 0 aliphatic rings. The SMILES string of the molecule is CCc1cc(SC)c(-c2cnoc2N)cc1OC. The Labute approximate surface area is 110 Å². The molecule has 1 heterocycles. The number of nitrogens with zero attached hydrogens (tertiary/aromatic N) is 1. The number of rotatable bonds is 4. The summed E-state index contributed by atoms with van der Waals surface area (Å²) in [6.45, 7) is 2.11. The van der Waals surface area contributed by atoms with Crippen molar-refractivity contribution in [2.75, 3.05) is 19.1 Å². The molecule has 0 radical (unpaired) electrons. The van der Waals surface area contributed by atoms with Gasteiger partial charge in [-0.05, 0) is 30.4 Å². The van der Waals surface area contributed by atoms with Gasteiger partial charge in [0.05, 0.1) is 18.9 Å². The Morgan fingerprint density at radius 1 is 1.39 bits per heavy atom. The maximum Gasteiger partial charge on any atom is 0.229 e. The van der Waals surface area contributed by atoms with E-state index in [4.69, 9.17) is 15.0 Å². The summed E-state index contributed by atoms with van der Waals surface area (Å²) in [6.07, 6.45) is 4.60. The quantitative estimate of drug-likeness (QED) is 0.859. The van der Waals surface area contributed by atoms with Gasteiger partial charge in [0.2, 0.25) is 5.88 Å². The highest BCUT2D eigenvalue weighted by Crippen LogP contribution is 2.38. The lowest BCUT2D eigenvalue weighted by Gasteiger charge is -2.12. The van der Waals surface area contributed by atoms with Gasteiger partial charge in [-0.25, -0.2) is 0 Å². The molecule has 18 heavy (non-hydrogen) atoms. The van der Waals surface area contributed by atoms with Crippen molar-refractivity contribution in [3.05, 3.63) is 23.9 Å². The van der Waals surface area contributed by atoms with Gasteiger partial charge < -0.3 is 15.0 Å². The molecule has 0 bridgehead atoms. The molecule has 2 aromatic rings. The zero-order chi connectivity index (χ0) is 13.1. The molecule has 96 valence electrons. The number of thioether (sulfide) groups is 1. The molecule has 0 fully saturated rings. The Bertz CT molecular complexity index is 552. The Morgan fingerprint density at radius 3 is 2.67 bits per heavy atom. The molecular formula is C13H16N2O2S. The van der Waals surface area contributed by atoms with Crippen LogP contribution in [0.25, 0.3) is 11.1 Å². The van der Waals surface area contributed by atoms with Gasteiger partial charge in [-0.2, -0.15) is 0 Å². The van der Waals surface area contributed by atoms with Crippen molar-refractivity contribution in [2.45, 2.75) is 18.2 Å². The fourth-order valence-corrected chi connectivity index (χ4v) is 2.55. The number of hydrogen-bond acceptors (Lipinski definition) is 5. The molecule has 4 nitrogen and oxygen atoms in total. The van der Waals surface area contributed by atoms with Gasteiger partial charge in [0.15, 0.2) is 0 Å². The number of methoxy groups -OCH3 is 1. The molecule has 1 aromatic carbocycles. The predicted molar refractivity (Wildman–Crippen MR) is 74.1 cm³/mol. The van der Waals surface area contributed by atoms with Crippen LogP contribution in [0.1, 0.15) is 12.5 Å². The first-order valence-corrected chi connectivity index (χ1v) is 6.89. The summed E-state index contributed by atoms with van der Waals surface area (Å²) in [4.78, 5) is 1.14. The van der Waals surface area contributed by atoms with Gasteiger partial charge in [-0.1, -0.05) is 12.1 Å². The molecule has 5 heteroatoms. The van der Waals surface area contributed by atoms with Crippen molar-refractivity contribution in [2.24, 2.45) is 0 Å². The number of nitrogen functional groups attached to an aromatic ring is 1. The third kappa shape index (κ3) is 2.18. The maximum atomic E-state index is 5.78. The lowest BCUT2D eigenvalue weighted by molar-refractivity contribution is 0.410. The number of hydrogen-bond donors (Lipinski definition) is 1. The number of anilines is 1. The van der Waals surface area contributed by atoms with Crippen LogP contribution in [-0.2, 0) is 6.42 Å². The van der Waals surface area contributed by atoms with Crippen molar-refractivity contribution in [3.8, 4) is 16.9 Å². The second-order valence-electron chi connectivity index (χ2n) is 3.82. The van der Waals surface area contributed by atoms with Crippen LogP contribution in [-0.4, -0.2) is 18.5 Å². The molecule has 0 atom stereocenters. The van der Waals surface area contributed by atoms with E-state index in [2.05, 4.69) is 18.1 Å². The summed E-state index contributed by atoms with van der Waals surface area (Å²) >= 11 is 1.67. The lowest BCUT2D eigenvalue weighted by atomic mass is 10.0. The molecule has 0 unspecified atom stereocenters. The van der Waals surface area contributed by atoms with Crippen LogP contribution < -0.4 is 10.5 Å². The molecule has 0 amide bonds. The van der Waals surface area contributed by atoms with E-state index >= 15 is 0 Å². The van der Waals surface area contributed by atoms with Crippen LogP contribution in [0.5, 0.6) is 5.75 Å². The van der Waals surface area contributed by atoms with Gasteiger partial charge in [-0.3, -0.25) is 0 Å². The largest absolute Gasteiger partial charge is 0.496 e. The minimum atomic E-state index is 0.330. The molecule has 0 aliphatic carbocycles. The minimum Gasteiger partial charge on any atom is -0.496 e. The minimum absolute atomic E-state index is 0.330. The molecular weight excluding hydrogens is 248 g/mol. The average Bonchev–Trinajstić information content (AvgIpc) is 2.83. The highest BCUT2D eigenvalue weighted by Gasteiger charge is 2.15. The van der Waals surface area contributed by atoms with Gasteiger partial charge in [0, 0.05) is 10.5 Å². The smallest absolute Gasteiger partial charge is 0.229 e. The van der Waals surface area contributed by atoms with Crippen molar-refractivity contribution in [3.63, 3.8) is 0 Å². The van der Waals surface area contributed by atoms with E-state index in [1.165, 1.54) is 5.56 Å². The first-order valence-electron chi connectivity index (χ1n) is 5.66.